The van der Waals surface area contributed by atoms with Crippen LogP contribution in [0, 0.1) is 6.92 Å². The summed E-state index contributed by atoms with van der Waals surface area (Å²) in [7, 11) is 0. The molecule has 2 amide bonds. The van der Waals surface area contributed by atoms with Crippen LogP contribution in [-0.4, -0.2) is 36.3 Å². The summed E-state index contributed by atoms with van der Waals surface area (Å²) < 4.78 is 0. The quantitative estimate of drug-likeness (QED) is 0.910. The maximum absolute atomic E-state index is 12.7. The Labute approximate surface area is 146 Å². The maximum Gasteiger partial charge on any atom is 0.253 e. The number of hydrogen-bond acceptors (Lipinski definition) is 2. The highest BCUT2D eigenvalue weighted by molar-refractivity contribution is 6.30. The molecule has 2 aromatic rings. The predicted molar refractivity (Wildman–Crippen MR) is 95.2 cm³/mol. The van der Waals surface area contributed by atoms with Gasteiger partial charge in [0, 0.05) is 36.6 Å². The zero-order chi connectivity index (χ0) is 17.1. The van der Waals surface area contributed by atoms with E-state index in [1.54, 1.807) is 4.90 Å². The number of nitrogens with zero attached hydrogens (tertiary/aromatic N) is 1. The lowest BCUT2D eigenvalue weighted by Crippen LogP contribution is -2.34. The van der Waals surface area contributed by atoms with Crippen LogP contribution in [0.1, 0.15) is 22.3 Å². The molecule has 24 heavy (non-hydrogen) atoms. The summed E-state index contributed by atoms with van der Waals surface area (Å²) in [5, 5.41) is 3.48. The minimum Gasteiger partial charge on any atom is -0.354 e. The standard InChI is InChI=1S/C19H19ClN2O2/c1-13-11-16(20)5-6-17(13)14-3-2-4-15(12-14)19(24)22-9-7-18(23)21-8-10-22/h2-6,11-12H,7-10H2,1H3,(H,21,23). The number of aryl methyl sites for hydroxylation is 1. The Balaban J connectivity index is 1.87. The van der Waals surface area contributed by atoms with E-state index in [2.05, 4.69) is 5.32 Å². The van der Waals surface area contributed by atoms with Crippen LogP contribution in [0.3, 0.4) is 0 Å². The van der Waals surface area contributed by atoms with Crippen LogP contribution in [0.25, 0.3) is 11.1 Å². The van der Waals surface area contributed by atoms with Crippen LogP contribution < -0.4 is 5.32 Å². The number of carbonyl (C=O) groups is 2. The second-order valence-electron chi connectivity index (χ2n) is 5.93. The molecule has 0 atom stereocenters. The first-order valence-electron chi connectivity index (χ1n) is 7.97. The molecule has 0 saturated carbocycles. The fourth-order valence-electron chi connectivity index (χ4n) is 2.92. The Kier molecular flexibility index (Phi) is 4.86. The second-order valence-corrected chi connectivity index (χ2v) is 6.37. The first-order chi connectivity index (χ1) is 11.5. The van der Waals surface area contributed by atoms with Crippen LogP contribution in [0.2, 0.25) is 5.02 Å². The molecule has 124 valence electrons. The number of hydrogen-bond donors (Lipinski definition) is 1. The summed E-state index contributed by atoms with van der Waals surface area (Å²) in [5.74, 6) is -0.0455. The molecule has 0 aromatic heterocycles. The average molecular weight is 343 g/mol. The van der Waals surface area contributed by atoms with Crippen molar-refractivity contribution in [3.8, 4) is 11.1 Å². The van der Waals surface area contributed by atoms with Gasteiger partial charge in [0.2, 0.25) is 5.91 Å². The van der Waals surface area contributed by atoms with E-state index in [1.165, 1.54) is 0 Å². The van der Waals surface area contributed by atoms with Gasteiger partial charge in [-0.15, -0.1) is 0 Å². The second kappa shape index (κ2) is 7.05. The third kappa shape index (κ3) is 3.60. The van der Waals surface area contributed by atoms with Gasteiger partial charge in [0.1, 0.15) is 0 Å². The molecule has 2 aromatic carbocycles. The molecule has 5 heteroatoms. The van der Waals surface area contributed by atoms with Crippen molar-refractivity contribution in [3.05, 3.63) is 58.6 Å². The van der Waals surface area contributed by atoms with Gasteiger partial charge in [0.05, 0.1) is 0 Å². The lowest BCUT2D eigenvalue weighted by Gasteiger charge is -2.20. The molecule has 0 unspecified atom stereocenters. The molecule has 4 nitrogen and oxygen atoms in total. The highest BCUT2D eigenvalue weighted by Gasteiger charge is 2.20. The lowest BCUT2D eigenvalue weighted by atomic mass is 9.98. The largest absolute Gasteiger partial charge is 0.354 e. The smallest absolute Gasteiger partial charge is 0.253 e. The topological polar surface area (TPSA) is 49.4 Å². The van der Waals surface area contributed by atoms with Crippen molar-refractivity contribution in [3.63, 3.8) is 0 Å². The Hall–Kier alpha value is -2.33. The van der Waals surface area contributed by atoms with Gasteiger partial charge < -0.3 is 10.2 Å². The SMILES string of the molecule is Cc1cc(Cl)ccc1-c1cccc(C(=O)N2CCNC(=O)CC2)c1. The molecule has 0 bridgehead atoms. The summed E-state index contributed by atoms with van der Waals surface area (Å²) in [5.41, 5.74) is 3.74. The van der Waals surface area contributed by atoms with E-state index in [0.29, 0.717) is 36.6 Å². The highest BCUT2D eigenvalue weighted by Crippen LogP contribution is 2.27. The van der Waals surface area contributed by atoms with Crippen LogP contribution in [-0.2, 0) is 4.79 Å². The van der Waals surface area contributed by atoms with Crippen LogP contribution in [0.4, 0.5) is 0 Å². The van der Waals surface area contributed by atoms with Crippen molar-refractivity contribution in [2.24, 2.45) is 0 Å². The molecular weight excluding hydrogens is 324 g/mol. The normalized spacial score (nSPS) is 14.9. The van der Waals surface area contributed by atoms with E-state index in [-0.39, 0.29) is 11.8 Å². The fraction of sp³-hybridized carbons (Fsp3) is 0.263. The molecule has 1 N–H and O–H groups in total. The third-order valence-corrected chi connectivity index (χ3v) is 4.44. The summed E-state index contributed by atoms with van der Waals surface area (Å²) in [6.07, 6.45) is 0.349. The molecule has 1 heterocycles. The number of carbonyl (C=O) groups excluding carboxylic acids is 2. The molecule has 1 aliphatic rings. The fourth-order valence-corrected chi connectivity index (χ4v) is 3.15. The molecule has 0 aliphatic carbocycles. The van der Waals surface area contributed by atoms with E-state index in [1.807, 2.05) is 49.4 Å². The third-order valence-electron chi connectivity index (χ3n) is 4.21. The Morgan fingerprint density at radius 3 is 2.79 bits per heavy atom. The van der Waals surface area contributed by atoms with Crippen molar-refractivity contribution in [1.82, 2.24) is 10.2 Å². The maximum atomic E-state index is 12.7. The molecule has 1 aliphatic heterocycles. The zero-order valence-electron chi connectivity index (χ0n) is 13.5. The van der Waals surface area contributed by atoms with Crippen molar-refractivity contribution < 1.29 is 9.59 Å². The van der Waals surface area contributed by atoms with Crippen molar-refractivity contribution in [2.75, 3.05) is 19.6 Å². The van der Waals surface area contributed by atoms with E-state index < -0.39 is 0 Å². The Morgan fingerprint density at radius 2 is 2.00 bits per heavy atom. The van der Waals surface area contributed by atoms with E-state index in [4.69, 9.17) is 11.6 Å². The van der Waals surface area contributed by atoms with Crippen molar-refractivity contribution >= 4 is 23.4 Å². The predicted octanol–water partition coefficient (Wildman–Crippen LogP) is 3.28. The van der Waals surface area contributed by atoms with Crippen LogP contribution >= 0.6 is 11.6 Å². The number of amides is 2. The van der Waals surface area contributed by atoms with E-state index >= 15 is 0 Å². The molecular formula is C19H19ClN2O2. The summed E-state index contributed by atoms with van der Waals surface area (Å²) in [6.45, 7) is 3.49. The van der Waals surface area contributed by atoms with Crippen molar-refractivity contribution in [1.29, 1.82) is 0 Å². The van der Waals surface area contributed by atoms with Gasteiger partial charge in [-0.3, -0.25) is 9.59 Å². The lowest BCUT2D eigenvalue weighted by molar-refractivity contribution is -0.120. The van der Waals surface area contributed by atoms with Crippen LogP contribution in [0.15, 0.2) is 42.5 Å². The van der Waals surface area contributed by atoms with Gasteiger partial charge in [-0.2, -0.15) is 0 Å². The molecule has 0 spiro atoms. The van der Waals surface area contributed by atoms with Gasteiger partial charge >= 0.3 is 0 Å². The first kappa shape index (κ1) is 16.5. The van der Waals surface area contributed by atoms with E-state index in [9.17, 15) is 9.59 Å². The summed E-state index contributed by atoms with van der Waals surface area (Å²) in [4.78, 5) is 25.9. The number of nitrogens with one attached hydrogen (secondary N) is 1. The molecule has 1 fully saturated rings. The van der Waals surface area contributed by atoms with Gasteiger partial charge in [-0.05, 0) is 47.9 Å². The summed E-state index contributed by atoms with van der Waals surface area (Å²) in [6, 6.07) is 13.3. The molecule has 3 rings (SSSR count). The number of rotatable bonds is 2. The number of benzene rings is 2. The average Bonchev–Trinajstić information content (AvgIpc) is 2.79. The van der Waals surface area contributed by atoms with Gasteiger partial charge in [-0.1, -0.05) is 29.8 Å². The minimum absolute atomic E-state index is 0.00385. The number of halogens is 1. The zero-order valence-corrected chi connectivity index (χ0v) is 14.3. The van der Waals surface area contributed by atoms with Crippen molar-refractivity contribution in [2.45, 2.75) is 13.3 Å². The molecule has 1 saturated heterocycles. The van der Waals surface area contributed by atoms with Crippen LogP contribution in [0.5, 0.6) is 0 Å². The first-order valence-corrected chi connectivity index (χ1v) is 8.35. The van der Waals surface area contributed by atoms with E-state index in [0.717, 1.165) is 16.7 Å². The van der Waals surface area contributed by atoms with Gasteiger partial charge in [0.15, 0.2) is 0 Å². The monoisotopic (exact) mass is 342 g/mol. The van der Waals surface area contributed by atoms with Gasteiger partial charge in [0.25, 0.3) is 5.91 Å². The minimum atomic E-state index is -0.0417. The highest BCUT2D eigenvalue weighted by atomic mass is 35.5. The Bertz CT molecular complexity index is 789. The van der Waals surface area contributed by atoms with Gasteiger partial charge in [-0.25, -0.2) is 0 Å². The Morgan fingerprint density at radius 1 is 1.17 bits per heavy atom. The summed E-state index contributed by atoms with van der Waals surface area (Å²) >= 11 is 6.02. The molecule has 0 radical (unpaired) electrons.